The summed E-state index contributed by atoms with van der Waals surface area (Å²) < 4.78 is 8.91. The predicted molar refractivity (Wildman–Crippen MR) is 100 cm³/mol. The van der Waals surface area contributed by atoms with Gasteiger partial charge in [-0.1, -0.05) is 12.5 Å². The highest BCUT2D eigenvalue weighted by Crippen LogP contribution is 2.29. The van der Waals surface area contributed by atoms with Gasteiger partial charge in [0.25, 0.3) is 0 Å². The van der Waals surface area contributed by atoms with Gasteiger partial charge in [0.1, 0.15) is 10.7 Å². The molecular weight excluding hydrogens is 376 g/mol. The third-order valence-corrected chi connectivity index (χ3v) is 5.15. The molecule has 26 heavy (non-hydrogen) atoms. The zero-order valence-electron chi connectivity index (χ0n) is 14.6. The van der Waals surface area contributed by atoms with Crippen LogP contribution in [0.5, 0.6) is 0 Å². The Hall–Kier alpha value is -1.96. The maximum absolute atomic E-state index is 9.10. The third-order valence-electron chi connectivity index (χ3n) is 3.46. The molecule has 0 atom stereocenters. The minimum atomic E-state index is -1.82. The second-order valence-corrected chi connectivity index (χ2v) is 7.21. The summed E-state index contributed by atoms with van der Waals surface area (Å²) in [7, 11) is 2.15. The molecule has 1 aromatic heterocycles. The van der Waals surface area contributed by atoms with E-state index in [1.807, 2.05) is 0 Å². The molecule has 1 aliphatic heterocycles. The van der Waals surface area contributed by atoms with E-state index in [1.54, 1.807) is 11.8 Å². The van der Waals surface area contributed by atoms with Crippen LogP contribution in [0.4, 0.5) is 0 Å². The lowest BCUT2D eigenvalue weighted by atomic mass is 10.1. The van der Waals surface area contributed by atoms with Crippen LogP contribution in [0.25, 0.3) is 5.57 Å². The Morgan fingerprint density at radius 1 is 1.31 bits per heavy atom. The lowest BCUT2D eigenvalue weighted by molar-refractivity contribution is -0.159. The molecule has 0 radical (unpaired) electrons. The number of carboxylic acids is 2. The fourth-order valence-electron chi connectivity index (χ4n) is 2.19. The van der Waals surface area contributed by atoms with E-state index in [4.69, 9.17) is 25.1 Å². The zero-order valence-corrected chi connectivity index (χ0v) is 16.2. The third kappa shape index (κ3) is 8.42. The molecule has 0 aliphatic carbocycles. The van der Waals surface area contributed by atoms with Gasteiger partial charge in [-0.3, -0.25) is 0 Å². The van der Waals surface area contributed by atoms with Crippen molar-refractivity contribution in [2.75, 3.05) is 25.9 Å². The van der Waals surface area contributed by atoms with Gasteiger partial charge in [0.05, 0.1) is 17.8 Å². The largest absolute Gasteiger partial charge is 0.473 e. The Morgan fingerprint density at radius 2 is 2.04 bits per heavy atom. The SMILES string of the molecule is CN1CCC=C(c2nsnc2SCCCCCC#N)C1.O=C(O)C(=O)O. The van der Waals surface area contributed by atoms with Crippen molar-refractivity contribution in [2.24, 2.45) is 0 Å². The fourth-order valence-corrected chi connectivity index (χ4v) is 3.90. The smallest absolute Gasteiger partial charge is 0.414 e. The average molecular weight is 399 g/mol. The van der Waals surface area contributed by atoms with Gasteiger partial charge in [-0.15, -0.1) is 11.8 Å². The maximum atomic E-state index is 9.10. The van der Waals surface area contributed by atoms with Crippen LogP contribution < -0.4 is 0 Å². The van der Waals surface area contributed by atoms with Gasteiger partial charge >= 0.3 is 11.9 Å². The number of likely N-dealkylation sites (N-methyl/N-ethyl adjacent to an activating group) is 1. The summed E-state index contributed by atoms with van der Waals surface area (Å²) in [6.07, 6.45) is 7.35. The van der Waals surface area contributed by atoms with Crippen molar-refractivity contribution < 1.29 is 19.8 Å². The number of carboxylic acid groups (broad SMARTS) is 2. The van der Waals surface area contributed by atoms with Crippen LogP contribution in [0.2, 0.25) is 0 Å². The second kappa shape index (κ2) is 12.4. The van der Waals surface area contributed by atoms with E-state index in [2.05, 4.69) is 32.8 Å². The van der Waals surface area contributed by atoms with Crippen molar-refractivity contribution in [3.8, 4) is 6.07 Å². The molecule has 0 bridgehead atoms. The number of hydrogen-bond donors (Lipinski definition) is 2. The Morgan fingerprint density at radius 3 is 2.65 bits per heavy atom. The lowest BCUT2D eigenvalue weighted by Crippen LogP contribution is -2.25. The molecule has 10 heteroatoms. The normalized spacial score (nSPS) is 13.9. The summed E-state index contributed by atoms with van der Waals surface area (Å²) in [5.41, 5.74) is 2.41. The number of unbranched alkanes of at least 4 members (excludes halogenated alkanes) is 3. The van der Waals surface area contributed by atoms with Crippen LogP contribution in [0.3, 0.4) is 0 Å². The van der Waals surface area contributed by atoms with Crippen LogP contribution >= 0.6 is 23.5 Å². The summed E-state index contributed by atoms with van der Waals surface area (Å²) in [4.78, 5) is 20.5. The van der Waals surface area contributed by atoms with Gasteiger partial charge in [0.15, 0.2) is 0 Å². The van der Waals surface area contributed by atoms with Crippen LogP contribution in [-0.2, 0) is 9.59 Å². The molecule has 0 aromatic carbocycles. The van der Waals surface area contributed by atoms with Crippen molar-refractivity contribution in [3.63, 3.8) is 0 Å². The number of nitriles is 1. The number of carbonyl (C=O) groups is 2. The molecule has 1 aromatic rings. The molecule has 0 saturated heterocycles. The first-order valence-corrected chi connectivity index (χ1v) is 9.83. The molecule has 1 aliphatic rings. The summed E-state index contributed by atoms with van der Waals surface area (Å²) in [6.45, 7) is 2.10. The molecule has 0 spiro atoms. The van der Waals surface area contributed by atoms with Crippen LogP contribution in [0.1, 0.15) is 37.8 Å². The van der Waals surface area contributed by atoms with Gasteiger partial charge in [0, 0.05) is 19.5 Å². The number of aliphatic carboxylic acids is 2. The van der Waals surface area contributed by atoms with Crippen molar-refractivity contribution in [1.29, 1.82) is 5.26 Å². The number of nitrogens with zero attached hydrogens (tertiary/aromatic N) is 4. The first-order valence-electron chi connectivity index (χ1n) is 8.12. The van der Waals surface area contributed by atoms with Gasteiger partial charge in [-0.2, -0.15) is 14.0 Å². The van der Waals surface area contributed by atoms with Crippen LogP contribution in [0.15, 0.2) is 11.1 Å². The highest BCUT2D eigenvalue weighted by atomic mass is 32.2. The molecular formula is C16H22N4O4S2. The summed E-state index contributed by atoms with van der Waals surface area (Å²) in [5, 5.41) is 24.4. The average Bonchev–Trinajstić information content (AvgIpc) is 3.07. The van der Waals surface area contributed by atoms with Crippen LogP contribution in [-0.4, -0.2) is 61.7 Å². The molecule has 0 saturated carbocycles. The molecule has 8 nitrogen and oxygen atoms in total. The van der Waals surface area contributed by atoms with Crippen molar-refractivity contribution >= 4 is 41.0 Å². The molecule has 142 valence electrons. The van der Waals surface area contributed by atoms with Gasteiger partial charge in [-0.25, -0.2) is 9.59 Å². The molecule has 0 unspecified atom stereocenters. The van der Waals surface area contributed by atoms with Crippen molar-refractivity contribution in [2.45, 2.75) is 37.1 Å². The minimum absolute atomic E-state index is 0.674. The molecule has 2 heterocycles. The Labute approximate surface area is 160 Å². The topological polar surface area (TPSA) is 127 Å². The number of aromatic nitrogens is 2. The van der Waals surface area contributed by atoms with E-state index >= 15 is 0 Å². The van der Waals surface area contributed by atoms with E-state index in [0.717, 1.165) is 55.2 Å². The molecule has 2 N–H and O–H groups in total. The molecule has 2 rings (SSSR count). The van der Waals surface area contributed by atoms with Gasteiger partial charge in [0.2, 0.25) is 0 Å². The lowest BCUT2D eigenvalue weighted by Gasteiger charge is -2.22. The van der Waals surface area contributed by atoms with E-state index in [1.165, 1.54) is 17.3 Å². The Kier molecular flexibility index (Phi) is 10.5. The van der Waals surface area contributed by atoms with E-state index in [9.17, 15) is 0 Å². The summed E-state index contributed by atoms with van der Waals surface area (Å²) in [5.74, 6) is -2.59. The minimum Gasteiger partial charge on any atom is -0.473 e. The predicted octanol–water partition coefficient (Wildman–Crippen LogP) is 2.59. The number of hydrogen-bond acceptors (Lipinski definition) is 8. The van der Waals surface area contributed by atoms with Crippen molar-refractivity contribution in [1.82, 2.24) is 13.6 Å². The first kappa shape index (κ1) is 22.1. The number of rotatable bonds is 7. The van der Waals surface area contributed by atoms with E-state index in [-0.39, 0.29) is 0 Å². The van der Waals surface area contributed by atoms with Gasteiger partial charge in [-0.05, 0) is 37.6 Å². The van der Waals surface area contributed by atoms with Crippen molar-refractivity contribution in [3.05, 3.63) is 11.8 Å². The standard InChI is InChI=1S/C14H20N4S2.C2H2O4/c1-18-9-6-7-12(11-18)13-14(17-20-16-13)19-10-5-3-2-4-8-15;3-1(4)2(5)6/h7H,2-6,9-11H2,1H3;(H,3,4)(H,5,6). The maximum Gasteiger partial charge on any atom is 0.414 e. The van der Waals surface area contributed by atoms with Crippen LogP contribution in [0, 0.1) is 11.3 Å². The summed E-state index contributed by atoms with van der Waals surface area (Å²) >= 11 is 3.11. The number of thioether (sulfide) groups is 1. The summed E-state index contributed by atoms with van der Waals surface area (Å²) in [6, 6.07) is 2.19. The highest BCUT2D eigenvalue weighted by Gasteiger charge is 2.17. The zero-order chi connectivity index (χ0) is 19.4. The second-order valence-electron chi connectivity index (χ2n) is 5.60. The van der Waals surface area contributed by atoms with E-state index < -0.39 is 11.9 Å². The quantitative estimate of drug-likeness (QED) is 0.404. The Bertz CT molecular complexity index is 657. The molecule has 0 amide bonds. The van der Waals surface area contributed by atoms with E-state index in [0.29, 0.717) is 6.42 Å². The Balaban J connectivity index is 0.000000487. The fraction of sp³-hybridized carbons (Fsp3) is 0.562. The van der Waals surface area contributed by atoms with Gasteiger partial charge < -0.3 is 15.1 Å². The highest BCUT2D eigenvalue weighted by molar-refractivity contribution is 7.99. The first-order chi connectivity index (χ1) is 12.5. The molecule has 0 fully saturated rings. The monoisotopic (exact) mass is 398 g/mol.